The van der Waals surface area contributed by atoms with Crippen LogP contribution in [0.4, 0.5) is 5.13 Å². The number of ether oxygens (including phenoxy) is 2. The van der Waals surface area contributed by atoms with Gasteiger partial charge in [-0.1, -0.05) is 0 Å². The molecule has 1 heterocycles. The molecular formula is C17H21N3O2S. The highest BCUT2D eigenvalue weighted by Crippen LogP contribution is 2.32. The van der Waals surface area contributed by atoms with Crippen LogP contribution in [0.25, 0.3) is 0 Å². The van der Waals surface area contributed by atoms with Gasteiger partial charge >= 0.3 is 0 Å². The normalized spacial score (nSPS) is 15.2. The second-order valence-corrected chi connectivity index (χ2v) is 6.46. The van der Waals surface area contributed by atoms with Crippen LogP contribution in [0, 0.1) is 6.92 Å². The number of hydrazone groups is 1. The third-order valence-corrected chi connectivity index (χ3v) is 4.64. The van der Waals surface area contributed by atoms with E-state index >= 15 is 0 Å². The monoisotopic (exact) mass is 331 g/mol. The number of thiazole rings is 1. The Bertz CT molecular complexity index is 678. The lowest BCUT2D eigenvalue weighted by Gasteiger charge is -2.16. The van der Waals surface area contributed by atoms with Crippen molar-refractivity contribution in [3.8, 4) is 11.5 Å². The van der Waals surface area contributed by atoms with Gasteiger partial charge in [-0.2, -0.15) is 5.10 Å². The lowest BCUT2D eigenvalue weighted by atomic mass is 10.2. The summed E-state index contributed by atoms with van der Waals surface area (Å²) < 4.78 is 11.5. The van der Waals surface area contributed by atoms with Crippen molar-refractivity contribution in [1.82, 2.24) is 4.98 Å². The molecule has 122 valence electrons. The third kappa shape index (κ3) is 4.22. The van der Waals surface area contributed by atoms with Crippen molar-refractivity contribution in [1.29, 1.82) is 0 Å². The van der Waals surface area contributed by atoms with Gasteiger partial charge in [-0.05, 0) is 56.4 Å². The number of anilines is 1. The summed E-state index contributed by atoms with van der Waals surface area (Å²) in [6.07, 6.45) is 6.78. The molecule has 1 aromatic heterocycles. The Morgan fingerprint density at radius 3 is 2.83 bits per heavy atom. The Morgan fingerprint density at radius 2 is 2.13 bits per heavy atom. The fraction of sp³-hybridized carbons (Fsp3) is 0.412. The SMILES string of the molecule is COc1ccc(C=NNc2nc(C)cs2)cc1OC1CCCC1. The molecule has 0 spiro atoms. The zero-order valence-electron chi connectivity index (χ0n) is 13.4. The Hall–Kier alpha value is -2.08. The highest BCUT2D eigenvalue weighted by molar-refractivity contribution is 7.13. The largest absolute Gasteiger partial charge is 0.493 e. The molecule has 0 unspecified atom stereocenters. The van der Waals surface area contributed by atoms with Crippen molar-refractivity contribution >= 4 is 22.7 Å². The first-order valence-electron chi connectivity index (χ1n) is 7.80. The van der Waals surface area contributed by atoms with E-state index in [0.29, 0.717) is 6.10 Å². The van der Waals surface area contributed by atoms with Crippen LogP contribution in [-0.4, -0.2) is 24.4 Å². The molecule has 0 amide bonds. The molecule has 3 rings (SSSR count). The molecule has 6 heteroatoms. The number of aromatic nitrogens is 1. The van der Waals surface area contributed by atoms with Gasteiger partial charge in [0.1, 0.15) is 0 Å². The predicted octanol–water partition coefficient (Wildman–Crippen LogP) is 4.23. The van der Waals surface area contributed by atoms with E-state index in [0.717, 1.165) is 40.7 Å². The summed E-state index contributed by atoms with van der Waals surface area (Å²) in [7, 11) is 1.66. The second-order valence-electron chi connectivity index (χ2n) is 5.60. The van der Waals surface area contributed by atoms with Gasteiger partial charge in [0.25, 0.3) is 0 Å². The van der Waals surface area contributed by atoms with E-state index in [-0.39, 0.29) is 0 Å². The zero-order valence-corrected chi connectivity index (χ0v) is 14.2. The number of nitrogens with one attached hydrogen (secondary N) is 1. The molecule has 0 bridgehead atoms. The summed E-state index contributed by atoms with van der Waals surface area (Å²) in [5.74, 6) is 1.55. The average molecular weight is 331 g/mol. The van der Waals surface area contributed by atoms with Crippen molar-refractivity contribution in [3.63, 3.8) is 0 Å². The maximum Gasteiger partial charge on any atom is 0.203 e. The molecule has 1 N–H and O–H groups in total. The summed E-state index contributed by atoms with van der Waals surface area (Å²) in [6.45, 7) is 1.96. The summed E-state index contributed by atoms with van der Waals surface area (Å²) in [6, 6.07) is 5.84. The van der Waals surface area contributed by atoms with Gasteiger partial charge in [-0.25, -0.2) is 4.98 Å². The van der Waals surface area contributed by atoms with E-state index in [9.17, 15) is 0 Å². The van der Waals surface area contributed by atoms with Crippen LogP contribution in [0.3, 0.4) is 0 Å². The third-order valence-electron chi connectivity index (χ3n) is 3.78. The minimum atomic E-state index is 0.299. The molecule has 1 aliphatic carbocycles. The first-order valence-corrected chi connectivity index (χ1v) is 8.68. The predicted molar refractivity (Wildman–Crippen MR) is 93.9 cm³/mol. The van der Waals surface area contributed by atoms with E-state index in [1.165, 1.54) is 24.2 Å². The van der Waals surface area contributed by atoms with Crippen LogP contribution >= 0.6 is 11.3 Å². The van der Waals surface area contributed by atoms with Crippen molar-refractivity contribution in [2.24, 2.45) is 5.10 Å². The van der Waals surface area contributed by atoms with Gasteiger partial charge in [0.15, 0.2) is 11.5 Å². The van der Waals surface area contributed by atoms with Crippen LogP contribution in [0.1, 0.15) is 36.9 Å². The fourth-order valence-corrected chi connectivity index (χ4v) is 3.26. The van der Waals surface area contributed by atoms with E-state index in [1.807, 2.05) is 30.5 Å². The van der Waals surface area contributed by atoms with E-state index in [4.69, 9.17) is 9.47 Å². The first-order chi connectivity index (χ1) is 11.2. The molecule has 0 radical (unpaired) electrons. The van der Waals surface area contributed by atoms with Crippen molar-refractivity contribution in [3.05, 3.63) is 34.8 Å². The molecule has 0 saturated heterocycles. The number of rotatable bonds is 6. The fourth-order valence-electron chi connectivity index (χ4n) is 2.62. The van der Waals surface area contributed by atoms with Crippen LogP contribution in [-0.2, 0) is 0 Å². The summed E-state index contributed by atoms with van der Waals surface area (Å²) in [5, 5.41) is 7.00. The van der Waals surface area contributed by atoms with Crippen molar-refractivity contribution < 1.29 is 9.47 Å². The Balaban J connectivity index is 1.68. The van der Waals surface area contributed by atoms with Gasteiger partial charge in [0, 0.05) is 5.38 Å². The highest BCUT2D eigenvalue weighted by atomic mass is 32.1. The van der Waals surface area contributed by atoms with Crippen molar-refractivity contribution in [2.75, 3.05) is 12.5 Å². The smallest absolute Gasteiger partial charge is 0.203 e. The molecule has 1 aromatic carbocycles. The lowest BCUT2D eigenvalue weighted by molar-refractivity contribution is 0.201. The highest BCUT2D eigenvalue weighted by Gasteiger charge is 2.18. The van der Waals surface area contributed by atoms with E-state index in [1.54, 1.807) is 13.3 Å². The number of hydrogen-bond donors (Lipinski definition) is 1. The minimum absolute atomic E-state index is 0.299. The first kappa shape index (κ1) is 15.8. The molecule has 1 fully saturated rings. The molecular weight excluding hydrogens is 310 g/mol. The minimum Gasteiger partial charge on any atom is -0.493 e. The van der Waals surface area contributed by atoms with Crippen LogP contribution in [0.5, 0.6) is 11.5 Å². The van der Waals surface area contributed by atoms with E-state index in [2.05, 4.69) is 15.5 Å². The Labute approximate surface area is 140 Å². The van der Waals surface area contributed by atoms with Gasteiger partial charge in [0.05, 0.1) is 25.1 Å². The molecule has 23 heavy (non-hydrogen) atoms. The Kier molecular flexibility index (Phi) is 5.12. The van der Waals surface area contributed by atoms with Gasteiger partial charge in [-0.15, -0.1) is 11.3 Å². The zero-order chi connectivity index (χ0) is 16.1. The molecule has 1 saturated carbocycles. The number of nitrogens with zero attached hydrogens (tertiary/aromatic N) is 2. The van der Waals surface area contributed by atoms with Gasteiger partial charge in [-0.3, -0.25) is 5.43 Å². The summed E-state index contributed by atoms with van der Waals surface area (Å²) in [4.78, 5) is 4.30. The summed E-state index contributed by atoms with van der Waals surface area (Å²) >= 11 is 1.53. The standard InChI is InChI=1S/C17H21N3O2S/c1-12-11-23-17(19-12)20-18-10-13-7-8-15(21-2)16(9-13)22-14-5-3-4-6-14/h7-11,14H,3-6H2,1-2H3,(H,19,20). The summed E-state index contributed by atoms with van der Waals surface area (Å²) in [5.41, 5.74) is 4.89. The average Bonchev–Trinajstić information content (AvgIpc) is 3.20. The molecule has 0 aliphatic heterocycles. The lowest BCUT2D eigenvalue weighted by Crippen LogP contribution is -2.11. The van der Waals surface area contributed by atoms with Crippen LogP contribution in [0.15, 0.2) is 28.7 Å². The number of hydrogen-bond acceptors (Lipinski definition) is 6. The van der Waals surface area contributed by atoms with E-state index < -0.39 is 0 Å². The topological polar surface area (TPSA) is 55.7 Å². The van der Waals surface area contributed by atoms with Gasteiger partial charge < -0.3 is 9.47 Å². The number of aryl methyl sites for hydroxylation is 1. The maximum atomic E-state index is 6.09. The Morgan fingerprint density at radius 1 is 1.30 bits per heavy atom. The second kappa shape index (κ2) is 7.46. The maximum absolute atomic E-state index is 6.09. The number of methoxy groups -OCH3 is 1. The van der Waals surface area contributed by atoms with Crippen molar-refractivity contribution in [2.45, 2.75) is 38.7 Å². The van der Waals surface area contributed by atoms with Crippen LogP contribution in [0.2, 0.25) is 0 Å². The number of benzene rings is 1. The quantitative estimate of drug-likeness (QED) is 0.636. The van der Waals surface area contributed by atoms with Gasteiger partial charge in [0.2, 0.25) is 5.13 Å². The molecule has 0 atom stereocenters. The molecule has 5 nitrogen and oxygen atoms in total. The molecule has 1 aliphatic rings. The molecule has 2 aromatic rings. The van der Waals surface area contributed by atoms with Crippen LogP contribution < -0.4 is 14.9 Å².